The van der Waals surface area contributed by atoms with E-state index in [1.165, 1.54) is 6.07 Å². The number of urea groups is 1. The molecule has 144 valence electrons. The smallest absolute Gasteiger partial charge is 0.333 e. The Bertz CT molecular complexity index is 920. The number of furan rings is 1. The number of rotatable bonds is 6. The minimum Gasteiger partial charge on any atom is -0.486 e. The molecule has 0 aliphatic carbocycles. The first-order valence-electron chi connectivity index (χ1n) is 8.76. The SMILES string of the molecule is Cc1ccc(CNC(=O)NNC(=O)c2ccc(COc3ccccc3)o2)cc1. The van der Waals surface area contributed by atoms with E-state index >= 15 is 0 Å². The maximum atomic E-state index is 12.1. The summed E-state index contributed by atoms with van der Waals surface area (Å²) in [5.41, 5.74) is 6.69. The molecule has 0 radical (unpaired) electrons. The summed E-state index contributed by atoms with van der Waals surface area (Å²) in [7, 11) is 0. The van der Waals surface area contributed by atoms with Crippen LogP contribution in [0.4, 0.5) is 4.79 Å². The van der Waals surface area contributed by atoms with Crippen molar-refractivity contribution in [3.63, 3.8) is 0 Å². The summed E-state index contributed by atoms with van der Waals surface area (Å²) >= 11 is 0. The maximum Gasteiger partial charge on any atom is 0.333 e. The molecule has 7 heteroatoms. The van der Waals surface area contributed by atoms with Crippen LogP contribution < -0.4 is 20.9 Å². The molecule has 28 heavy (non-hydrogen) atoms. The highest BCUT2D eigenvalue weighted by molar-refractivity contribution is 5.92. The van der Waals surface area contributed by atoms with Crippen LogP contribution in [0.1, 0.15) is 27.4 Å². The number of aryl methyl sites for hydroxylation is 1. The van der Waals surface area contributed by atoms with Crippen molar-refractivity contribution in [3.8, 4) is 5.75 Å². The Labute approximate surface area is 162 Å². The third-order valence-electron chi connectivity index (χ3n) is 3.87. The number of benzene rings is 2. The Hall–Kier alpha value is -3.74. The van der Waals surface area contributed by atoms with Crippen LogP contribution in [0.15, 0.2) is 71.1 Å². The minimum atomic E-state index is -0.559. The van der Waals surface area contributed by atoms with Crippen LogP contribution in [0, 0.1) is 6.92 Å². The van der Waals surface area contributed by atoms with E-state index in [0.717, 1.165) is 11.1 Å². The van der Waals surface area contributed by atoms with E-state index in [1.807, 2.05) is 61.5 Å². The van der Waals surface area contributed by atoms with Crippen molar-refractivity contribution in [2.75, 3.05) is 0 Å². The fourth-order valence-electron chi connectivity index (χ4n) is 2.36. The van der Waals surface area contributed by atoms with E-state index in [-0.39, 0.29) is 12.4 Å². The lowest BCUT2D eigenvalue weighted by molar-refractivity contribution is 0.0904. The molecule has 2 aromatic carbocycles. The third-order valence-corrected chi connectivity index (χ3v) is 3.87. The summed E-state index contributed by atoms with van der Waals surface area (Å²) in [6.45, 7) is 2.54. The minimum absolute atomic E-state index is 0.0745. The number of hydrogen-bond acceptors (Lipinski definition) is 4. The molecule has 0 fully saturated rings. The number of carbonyl (C=O) groups is 2. The molecule has 0 bridgehead atoms. The van der Waals surface area contributed by atoms with E-state index in [0.29, 0.717) is 18.1 Å². The molecule has 0 saturated carbocycles. The van der Waals surface area contributed by atoms with Crippen LogP contribution in [-0.2, 0) is 13.2 Å². The lowest BCUT2D eigenvalue weighted by Gasteiger charge is -2.08. The van der Waals surface area contributed by atoms with Crippen LogP contribution in [0.5, 0.6) is 5.75 Å². The first kappa shape index (κ1) is 19.0. The predicted octanol–water partition coefficient (Wildman–Crippen LogP) is 3.31. The van der Waals surface area contributed by atoms with Gasteiger partial charge < -0.3 is 14.5 Å². The van der Waals surface area contributed by atoms with Crippen molar-refractivity contribution in [2.24, 2.45) is 0 Å². The molecule has 3 amide bonds. The Morgan fingerprint density at radius 1 is 0.929 bits per heavy atom. The molecule has 0 aliphatic heterocycles. The van der Waals surface area contributed by atoms with Gasteiger partial charge >= 0.3 is 11.9 Å². The van der Waals surface area contributed by atoms with Crippen molar-refractivity contribution in [1.82, 2.24) is 16.2 Å². The Morgan fingerprint density at radius 3 is 2.43 bits per heavy atom. The molecule has 3 aromatic rings. The van der Waals surface area contributed by atoms with Gasteiger partial charge in [-0.2, -0.15) is 0 Å². The van der Waals surface area contributed by atoms with Gasteiger partial charge in [-0.1, -0.05) is 48.0 Å². The quantitative estimate of drug-likeness (QED) is 0.573. The average molecular weight is 379 g/mol. The van der Waals surface area contributed by atoms with E-state index < -0.39 is 11.9 Å². The first-order chi connectivity index (χ1) is 13.6. The zero-order chi connectivity index (χ0) is 19.8. The third kappa shape index (κ3) is 5.63. The van der Waals surface area contributed by atoms with Crippen LogP contribution in [0.25, 0.3) is 0 Å². The van der Waals surface area contributed by atoms with Crippen LogP contribution in [0.3, 0.4) is 0 Å². The Morgan fingerprint density at radius 2 is 1.68 bits per heavy atom. The predicted molar refractivity (Wildman–Crippen MR) is 103 cm³/mol. The van der Waals surface area contributed by atoms with Gasteiger partial charge in [0.2, 0.25) is 0 Å². The molecule has 1 aromatic heterocycles. The van der Waals surface area contributed by atoms with Crippen LogP contribution in [0.2, 0.25) is 0 Å². The van der Waals surface area contributed by atoms with Crippen molar-refractivity contribution < 1.29 is 18.7 Å². The summed E-state index contributed by atoms with van der Waals surface area (Å²) in [6.07, 6.45) is 0. The van der Waals surface area contributed by atoms with Gasteiger partial charge in [0.1, 0.15) is 18.1 Å². The molecule has 0 unspecified atom stereocenters. The summed E-state index contributed by atoms with van der Waals surface area (Å²) in [5, 5.41) is 2.65. The topological polar surface area (TPSA) is 92.6 Å². The lowest BCUT2D eigenvalue weighted by Crippen LogP contribution is -2.46. The molecular formula is C21H21N3O4. The molecule has 0 saturated heterocycles. The Balaban J connectivity index is 1.41. The first-order valence-corrected chi connectivity index (χ1v) is 8.76. The van der Waals surface area contributed by atoms with Gasteiger partial charge in [-0.05, 0) is 36.8 Å². The second-order valence-electron chi connectivity index (χ2n) is 6.12. The van der Waals surface area contributed by atoms with Crippen molar-refractivity contribution in [2.45, 2.75) is 20.1 Å². The summed E-state index contributed by atoms with van der Waals surface area (Å²) < 4.78 is 11.0. The van der Waals surface area contributed by atoms with Gasteiger partial charge in [0.25, 0.3) is 0 Å². The van der Waals surface area contributed by atoms with Gasteiger partial charge in [-0.3, -0.25) is 10.2 Å². The highest BCUT2D eigenvalue weighted by Gasteiger charge is 2.12. The maximum absolute atomic E-state index is 12.1. The normalized spacial score (nSPS) is 10.2. The summed E-state index contributed by atoms with van der Waals surface area (Å²) in [5.74, 6) is 0.719. The highest BCUT2D eigenvalue weighted by Crippen LogP contribution is 2.13. The van der Waals surface area contributed by atoms with E-state index in [9.17, 15) is 9.59 Å². The van der Waals surface area contributed by atoms with Gasteiger partial charge in [0.15, 0.2) is 5.76 Å². The molecule has 1 heterocycles. The number of carbonyl (C=O) groups excluding carboxylic acids is 2. The monoisotopic (exact) mass is 379 g/mol. The fourth-order valence-corrected chi connectivity index (χ4v) is 2.36. The zero-order valence-corrected chi connectivity index (χ0v) is 15.4. The molecular weight excluding hydrogens is 358 g/mol. The highest BCUT2D eigenvalue weighted by atomic mass is 16.5. The lowest BCUT2D eigenvalue weighted by atomic mass is 10.1. The van der Waals surface area contributed by atoms with Crippen molar-refractivity contribution in [3.05, 3.63) is 89.4 Å². The molecule has 0 atom stereocenters. The molecule has 0 aliphatic rings. The Kier molecular flexibility index (Phi) is 6.30. The van der Waals surface area contributed by atoms with E-state index in [2.05, 4.69) is 16.2 Å². The number of nitrogens with one attached hydrogen (secondary N) is 3. The molecule has 7 nitrogen and oxygen atoms in total. The number of hydrogen-bond donors (Lipinski definition) is 3. The largest absolute Gasteiger partial charge is 0.486 e. The van der Waals surface area contributed by atoms with Crippen molar-refractivity contribution >= 4 is 11.9 Å². The summed E-state index contributed by atoms with van der Waals surface area (Å²) in [6, 6.07) is 19.7. The number of amides is 3. The number of hydrazine groups is 1. The van der Waals surface area contributed by atoms with E-state index in [1.54, 1.807) is 6.07 Å². The van der Waals surface area contributed by atoms with Crippen molar-refractivity contribution in [1.29, 1.82) is 0 Å². The molecule has 3 N–H and O–H groups in total. The molecule has 3 rings (SSSR count). The number of ether oxygens (including phenoxy) is 1. The van der Waals surface area contributed by atoms with Gasteiger partial charge in [-0.25, -0.2) is 10.2 Å². The van der Waals surface area contributed by atoms with Gasteiger partial charge in [0.05, 0.1) is 0 Å². The van der Waals surface area contributed by atoms with Gasteiger partial charge in [0, 0.05) is 6.54 Å². The second kappa shape index (κ2) is 9.27. The van der Waals surface area contributed by atoms with Crippen LogP contribution in [-0.4, -0.2) is 11.9 Å². The average Bonchev–Trinajstić information content (AvgIpc) is 3.20. The van der Waals surface area contributed by atoms with E-state index in [4.69, 9.17) is 9.15 Å². The summed E-state index contributed by atoms with van der Waals surface area (Å²) in [4.78, 5) is 23.9. The second-order valence-corrected chi connectivity index (χ2v) is 6.12. The zero-order valence-electron chi connectivity index (χ0n) is 15.4. The standard InChI is InChI=1S/C21H21N3O4/c1-15-7-9-16(10-8-15)13-22-21(26)24-23-20(25)19-12-11-18(28-19)14-27-17-5-3-2-4-6-17/h2-12H,13-14H2,1H3,(H,23,25)(H2,22,24,26). The fraction of sp³-hybridized carbons (Fsp3) is 0.143. The number of para-hydroxylation sites is 1. The van der Waals surface area contributed by atoms with Crippen LogP contribution >= 0.6 is 0 Å². The molecule has 0 spiro atoms. The van der Waals surface area contributed by atoms with Gasteiger partial charge in [-0.15, -0.1) is 0 Å².